The predicted molar refractivity (Wildman–Crippen MR) is 95.9 cm³/mol. The molecule has 128 valence electrons. The molecule has 0 aliphatic rings. The van der Waals surface area contributed by atoms with Gasteiger partial charge in [0, 0.05) is 31.9 Å². The first kappa shape index (κ1) is 17.9. The Hall–Kier alpha value is -2.40. The first-order chi connectivity index (χ1) is 11.4. The number of likely N-dealkylation sites (N-methyl/N-ethyl adjacent to an activating group) is 1. The highest BCUT2D eigenvalue weighted by Gasteiger charge is 2.16. The fourth-order valence-corrected chi connectivity index (χ4v) is 2.49. The van der Waals surface area contributed by atoms with Crippen LogP contribution in [0.15, 0.2) is 48.5 Å². The van der Waals surface area contributed by atoms with Gasteiger partial charge in [-0.2, -0.15) is 0 Å². The molecule has 5 heteroatoms. The van der Waals surface area contributed by atoms with Crippen LogP contribution in [0.3, 0.4) is 0 Å². The third-order valence-corrected chi connectivity index (χ3v) is 3.98. The first-order valence-corrected chi connectivity index (χ1v) is 7.86. The number of rotatable bonds is 6. The summed E-state index contributed by atoms with van der Waals surface area (Å²) in [6, 6.07) is 13.9. The summed E-state index contributed by atoms with van der Waals surface area (Å²) in [5.41, 5.74) is 2.72. The zero-order valence-corrected chi connectivity index (χ0v) is 14.6. The van der Waals surface area contributed by atoms with Gasteiger partial charge >= 0.3 is 0 Å². The predicted octanol–water partition coefficient (Wildman–Crippen LogP) is 2.92. The van der Waals surface area contributed by atoms with Crippen molar-refractivity contribution in [2.24, 2.45) is 0 Å². The van der Waals surface area contributed by atoms with Crippen molar-refractivity contribution in [3.05, 3.63) is 65.5 Å². The molecule has 2 rings (SSSR count). The van der Waals surface area contributed by atoms with Crippen molar-refractivity contribution in [2.45, 2.75) is 6.04 Å². The van der Waals surface area contributed by atoms with Crippen molar-refractivity contribution in [2.75, 3.05) is 39.6 Å². The normalized spacial score (nSPS) is 12.1. The highest BCUT2D eigenvalue weighted by molar-refractivity contribution is 5.94. The molecule has 1 atom stereocenters. The van der Waals surface area contributed by atoms with Crippen molar-refractivity contribution in [1.29, 1.82) is 0 Å². The van der Waals surface area contributed by atoms with Gasteiger partial charge in [-0.15, -0.1) is 0 Å². The van der Waals surface area contributed by atoms with E-state index in [0.29, 0.717) is 12.1 Å². The number of benzene rings is 2. The summed E-state index contributed by atoms with van der Waals surface area (Å²) in [5, 5.41) is 2.92. The Morgan fingerprint density at radius 1 is 1.00 bits per heavy atom. The van der Waals surface area contributed by atoms with Crippen LogP contribution in [-0.4, -0.2) is 45.5 Å². The lowest BCUT2D eigenvalue weighted by Crippen LogP contribution is -2.34. The van der Waals surface area contributed by atoms with Crippen molar-refractivity contribution in [3.8, 4) is 0 Å². The third kappa shape index (κ3) is 4.55. The van der Waals surface area contributed by atoms with E-state index in [9.17, 15) is 9.18 Å². The minimum absolute atomic E-state index is 0.0608. The second-order valence-corrected chi connectivity index (χ2v) is 6.18. The molecule has 1 N–H and O–H groups in total. The van der Waals surface area contributed by atoms with Crippen LogP contribution < -0.4 is 10.2 Å². The number of anilines is 1. The molecule has 0 saturated heterocycles. The average molecular weight is 329 g/mol. The summed E-state index contributed by atoms with van der Waals surface area (Å²) in [4.78, 5) is 16.3. The molecule has 0 aromatic heterocycles. The zero-order chi connectivity index (χ0) is 17.7. The molecule has 24 heavy (non-hydrogen) atoms. The summed E-state index contributed by atoms with van der Waals surface area (Å²) < 4.78 is 12.9. The monoisotopic (exact) mass is 329 g/mol. The van der Waals surface area contributed by atoms with Gasteiger partial charge in [0.25, 0.3) is 5.91 Å². The van der Waals surface area contributed by atoms with Gasteiger partial charge < -0.3 is 15.1 Å². The smallest absolute Gasteiger partial charge is 0.251 e. The van der Waals surface area contributed by atoms with Crippen LogP contribution in [-0.2, 0) is 0 Å². The summed E-state index contributed by atoms with van der Waals surface area (Å²) >= 11 is 0. The minimum atomic E-state index is -0.348. The average Bonchev–Trinajstić information content (AvgIpc) is 2.55. The molecule has 0 aliphatic heterocycles. The first-order valence-electron chi connectivity index (χ1n) is 7.86. The maximum Gasteiger partial charge on any atom is 0.251 e. The quantitative estimate of drug-likeness (QED) is 0.885. The Morgan fingerprint density at radius 2 is 1.58 bits per heavy atom. The van der Waals surface area contributed by atoms with E-state index in [4.69, 9.17) is 0 Å². The molecular formula is C19H24FN3O. The summed E-state index contributed by atoms with van der Waals surface area (Å²) in [6.45, 7) is 0.477. The Balaban J connectivity index is 2.05. The van der Waals surface area contributed by atoms with Crippen LogP contribution in [0.4, 0.5) is 10.1 Å². The summed E-state index contributed by atoms with van der Waals surface area (Å²) in [7, 11) is 7.96. The SMILES string of the molecule is CN(C)c1ccc([C@H](CNC(=O)c2ccc(F)cc2)N(C)C)cc1. The van der Waals surface area contributed by atoms with Gasteiger partial charge in [-0.3, -0.25) is 4.79 Å². The lowest BCUT2D eigenvalue weighted by molar-refractivity contribution is 0.0942. The van der Waals surface area contributed by atoms with Gasteiger partial charge in [-0.1, -0.05) is 12.1 Å². The molecule has 4 nitrogen and oxygen atoms in total. The fraction of sp³-hybridized carbons (Fsp3) is 0.316. The molecular weight excluding hydrogens is 305 g/mol. The fourth-order valence-electron chi connectivity index (χ4n) is 2.49. The molecule has 0 unspecified atom stereocenters. The lowest BCUT2D eigenvalue weighted by Gasteiger charge is -2.25. The van der Waals surface area contributed by atoms with E-state index in [2.05, 4.69) is 34.5 Å². The molecule has 2 aromatic carbocycles. The highest BCUT2D eigenvalue weighted by Crippen LogP contribution is 2.21. The second-order valence-electron chi connectivity index (χ2n) is 6.18. The Labute approximate surface area is 142 Å². The van der Waals surface area contributed by atoms with Crippen LogP contribution in [0.25, 0.3) is 0 Å². The lowest BCUT2D eigenvalue weighted by atomic mass is 10.0. The maximum atomic E-state index is 12.9. The van der Waals surface area contributed by atoms with E-state index >= 15 is 0 Å². The Morgan fingerprint density at radius 3 is 2.08 bits per heavy atom. The van der Waals surface area contributed by atoms with Gasteiger partial charge in [0.15, 0.2) is 0 Å². The van der Waals surface area contributed by atoms with E-state index < -0.39 is 0 Å². The van der Waals surface area contributed by atoms with Crippen molar-refractivity contribution in [3.63, 3.8) is 0 Å². The van der Waals surface area contributed by atoms with Crippen LogP contribution in [0.2, 0.25) is 0 Å². The van der Waals surface area contributed by atoms with Crippen molar-refractivity contribution >= 4 is 11.6 Å². The number of halogens is 1. The topological polar surface area (TPSA) is 35.6 Å². The molecule has 0 heterocycles. The van der Waals surface area contributed by atoms with Gasteiger partial charge in [0.2, 0.25) is 0 Å². The van der Waals surface area contributed by atoms with Gasteiger partial charge in [0.1, 0.15) is 5.82 Å². The van der Waals surface area contributed by atoms with Gasteiger partial charge in [-0.25, -0.2) is 4.39 Å². The number of nitrogens with zero attached hydrogens (tertiary/aromatic N) is 2. The number of hydrogen-bond acceptors (Lipinski definition) is 3. The summed E-state index contributed by atoms with van der Waals surface area (Å²) in [6.07, 6.45) is 0. The Kier molecular flexibility index (Phi) is 5.93. The molecule has 0 spiro atoms. The van der Waals surface area contributed by atoms with E-state index in [1.54, 1.807) is 0 Å². The maximum absolute atomic E-state index is 12.9. The number of amides is 1. The standard InChI is InChI=1S/C19H24FN3O/c1-22(2)17-11-7-14(8-12-17)18(23(3)4)13-21-19(24)15-5-9-16(20)10-6-15/h5-12,18H,13H2,1-4H3,(H,21,24)/t18-/m0/s1. The molecule has 0 radical (unpaired) electrons. The largest absolute Gasteiger partial charge is 0.378 e. The number of nitrogens with one attached hydrogen (secondary N) is 1. The van der Waals surface area contributed by atoms with Crippen LogP contribution >= 0.6 is 0 Å². The number of carbonyl (C=O) groups excluding carboxylic acids is 1. The highest BCUT2D eigenvalue weighted by atomic mass is 19.1. The van der Waals surface area contributed by atoms with E-state index in [1.165, 1.54) is 24.3 Å². The molecule has 1 amide bonds. The summed E-state index contributed by atoms with van der Waals surface area (Å²) in [5.74, 6) is -0.550. The van der Waals surface area contributed by atoms with Gasteiger partial charge in [0.05, 0.1) is 6.04 Å². The molecule has 0 fully saturated rings. The molecule has 0 saturated carbocycles. The second kappa shape index (κ2) is 7.93. The molecule has 0 bridgehead atoms. The third-order valence-electron chi connectivity index (χ3n) is 3.98. The van der Waals surface area contributed by atoms with Crippen LogP contribution in [0.5, 0.6) is 0 Å². The van der Waals surface area contributed by atoms with Crippen LogP contribution in [0, 0.1) is 5.82 Å². The van der Waals surface area contributed by atoms with Gasteiger partial charge in [-0.05, 0) is 56.1 Å². The van der Waals surface area contributed by atoms with E-state index in [-0.39, 0.29) is 17.8 Å². The van der Waals surface area contributed by atoms with Crippen LogP contribution in [0.1, 0.15) is 22.0 Å². The van der Waals surface area contributed by atoms with E-state index in [0.717, 1.165) is 11.3 Å². The van der Waals surface area contributed by atoms with Crippen molar-refractivity contribution in [1.82, 2.24) is 10.2 Å². The van der Waals surface area contributed by atoms with Crippen molar-refractivity contribution < 1.29 is 9.18 Å². The number of carbonyl (C=O) groups is 1. The Bertz CT molecular complexity index is 666. The molecule has 0 aliphatic carbocycles. The minimum Gasteiger partial charge on any atom is -0.378 e. The zero-order valence-electron chi connectivity index (χ0n) is 14.6. The molecule has 2 aromatic rings. The number of hydrogen-bond donors (Lipinski definition) is 1. The van der Waals surface area contributed by atoms with E-state index in [1.807, 2.05) is 33.1 Å².